The maximum absolute atomic E-state index is 12.4. The van der Waals surface area contributed by atoms with Gasteiger partial charge in [0, 0.05) is 19.0 Å². The van der Waals surface area contributed by atoms with Crippen molar-refractivity contribution in [3.05, 3.63) is 17.5 Å². The van der Waals surface area contributed by atoms with Crippen LogP contribution >= 0.6 is 0 Å². The van der Waals surface area contributed by atoms with Gasteiger partial charge < -0.3 is 14.2 Å². The Labute approximate surface area is 136 Å². The molecule has 1 aliphatic rings. The maximum Gasteiger partial charge on any atom is 0.410 e. The molecule has 1 saturated heterocycles. The molecule has 0 aliphatic carbocycles. The lowest BCUT2D eigenvalue weighted by Gasteiger charge is -2.25. The van der Waals surface area contributed by atoms with Gasteiger partial charge in [-0.05, 0) is 5.92 Å². The zero-order valence-electron chi connectivity index (χ0n) is 14.4. The van der Waals surface area contributed by atoms with Crippen LogP contribution in [0.15, 0.2) is 10.6 Å². The fourth-order valence-electron chi connectivity index (χ4n) is 2.47. The third-order valence-electron chi connectivity index (χ3n) is 4.06. The highest BCUT2D eigenvalue weighted by Crippen LogP contribution is 2.20. The number of carbonyl (C=O) groups excluding carboxylic acids is 2. The lowest BCUT2D eigenvalue weighted by molar-refractivity contribution is -0.131. The summed E-state index contributed by atoms with van der Waals surface area (Å²) in [4.78, 5) is 27.2. The molecule has 0 unspecified atom stereocenters. The number of carbonyl (C=O) groups is 2. The zero-order valence-corrected chi connectivity index (χ0v) is 14.4. The number of hydrogen-bond donors (Lipinski definition) is 0. The van der Waals surface area contributed by atoms with Gasteiger partial charge in [0.1, 0.15) is 24.6 Å². The topological polar surface area (TPSA) is 75.9 Å². The molecular weight excluding hydrogens is 298 g/mol. The van der Waals surface area contributed by atoms with Gasteiger partial charge in [-0.2, -0.15) is 0 Å². The molecule has 0 aromatic carbocycles. The Morgan fingerprint density at radius 2 is 2.13 bits per heavy atom. The van der Waals surface area contributed by atoms with Gasteiger partial charge in [-0.3, -0.25) is 9.69 Å². The molecule has 0 spiro atoms. The van der Waals surface area contributed by atoms with Crippen LogP contribution in [-0.2, 0) is 16.1 Å². The van der Waals surface area contributed by atoms with Crippen LogP contribution in [0.25, 0.3) is 0 Å². The SMILES string of the molecule is CC(C)c1cc(CN(C)C(=O)CN2C(=O)OC[C@@H]2C(C)C)no1. The standard InChI is InChI=1S/C16H25N3O4/c1-10(2)13-9-22-16(21)19(13)8-15(20)18(5)7-12-6-14(11(3)4)23-17-12/h6,10-11,13H,7-9H2,1-5H3/t13-/m1/s1. The van der Waals surface area contributed by atoms with Crippen LogP contribution in [0.4, 0.5) is 4.79 Å². The third kappa shape index (κ3) is 4.03. The van der Waals surface area contributed by atoms with Crippen molar-refractivity contribution < 1.29 is 18.8 Å². The number of cyclic esters (lactones) is 1. The van der Waals surface area contributed by atoms with E-state index in [-0.39, 0.29) is 30.3 Å². The molecule has 23 heavy (non-hydrogen) atoms. The van der Waals surface area contributed by atoms with Crippen molar-refractivity contribution in [2.24, 2.45) is 5.92 Å². The molecule has 1 fully saturated rings. The summed E-state index contributed by atoms with van der Waals surface area (Å²) in [7, 11) is 1.69. The Balaban J connectivity index is 1.95. The molecule has 1 aromatic heterocycles. The van der Waals surface area contributed by atoms with Gasteiger partial charge in [-0.25, -0.2) is 4.79 Å². The molecule has 1 atom stereocenters. The first-order chi connectivity index (χ1) is 10.8. The Morgan fingerprint density at radius 3 is 2.70 bits per heavy atom. The molecule has 2 amide bonds. The van der Waals surface area contributed by atoms with E-state index in [1.807, 2.05) is 33.8 Å². The number of rotatable bonds is 6. The normalized spacial score (nSPS) is 18.0. The summed E-state index contributed by atoms with van der Waals surface area (Å²) >= 11 is 0. The van der Waals surface area contributed by atoms with E-state index in [4.69, 9.17) is 9.26 Å². The van der Waals surface area contributed by atoms with E-state index in [0.717, 1.165) is 5.76 Å². The predicted molar refractivity (Wildman–Crippen MR) is 83.7 cm³/mol. The second-order valence-electron chi connectivity index (χ2n) is 6.64. The van der Waals surface area contributed by atoms with Crippen molar-refractivity contribution in [3.63, 3.8) is 0 Å². The summed E-state index contributed by atoms with van der Waals surface area (Å²) < 4.78 is 10.3. The van der Waals surface area contributed by atoms with Crippen LogP contribution in [0.5, 0.6) is 0 Å². The summed E-state index contributed by atoms with van der Waals surface area (Å²) in [6.07, 6.45) is -0.422. The molecule has 7 heteroatoms. The molecule has 2 heterocycles. The van der Waals surface area contributed by atoms with E-state index in [1.165, 1.54) is 4.90 Å². The van der Waals surface area contributed by atoms with E-state index in [0.29, 0.717) is 18.8 Å². The minimum Gasteiger partial charge on any atom is -0.447 e. The van der Waals surface area contributed by atoms with Gasteiger partial charge in [0.05, 0.1) is 12.6 Å². The first-order valence-corrected chi connectivity index (χ1v) is 7.92. The Hall–Kier alpha value is -2.05. The average molecular weight is 323 g/mol. The maximum atomic E-state index is 12.4. The number of ether oxygens (including phenoxy) is 1. The number of amides is 2. The van der Waals surface area contributed by atoms with Crippen LogP contribution in [-0.4, -0.2) is 53.2 Å². The van der Waals surface area contributed by atoms with Crippen molar-refractivity contribution in [2.75, 3.05) is 20.2 Å². The average Bonchev–Trinajstić information content (AvgIpc) is 3.07. The van der Waals surface area contributed by atoms with Crippen LogP contribution in [0.2, 0.25) is 0 Å². The Kier molecular flexibility index (Phi) is 5.28. The first-order valence-electron chi connectivity index (χ1n) is 7.92. The zero-order chi connectivity index (χ0) is 17.1. The molecule has 1 aromatic rings. The Bertz CT molecular complexity index is 567. The summed E-state index contributed by atoms with van der Waals surface area (Å²) in [6.45, 7) is 8.77. The highest BCUT2D eigenvalue weighted by atomic mass is 16.6. The lowest BCUT2D eigenvalue weighted by Crippen LogP contribution is -2.44. The summed E-state index contributed by atoms with van der Waals surface area (Å²) in [5.41, 5.74) is 0.703. The van der Waals surface area contributed by atoms with Crippen molar-refractivity contribution in [3.8, 4) is 0 Å². The van der Waals surface area contributed by atoms with Gasteiger partial charge in [-0.15, -0.1) is 0 Å². The highest BCUT2D eigenvalue weighted by molar-refractivity contribution is 5.83. The molecule has 0 radical (unpaired) electrons. The van der Waals surface area contributed by atoms with Crippen LogP contribution in [0, 0.1) is 5.92 Å². The van der Waals surface area contributed by atoms with E-state index < -0.39 is 6.09 Å². The molecule has 128 valence electrons. The summed E-state index contributed by atoms with van der Waals surface area (Å²) in [5, 5.41) is 3.98. The fraction of sp³-hybridized carbons (Fsp3) is 0.688. The second kappa shape index (κ2) is 7.02. The van der Waals surface area contributed by atoms with Gasteiger partial charge in [-0.1, -0.05) is 32.9 Å². The summed E-state index contributed by atoms with van der Waals surface area (Å²) in [6, 6.07) is 1.80. The molecule has 0 saturated carbocycles. The predicted octanol–water partition coefficient (Wildman–Crippen LogP) is 2.23. The smallest absolute Gasteiger partial charge is 0.410 e. The van der Waals surface area contributed by atoms with Crippen molar-refractivity contribution in [1.29, 1.82) is 0 Å². The first kappa shape index (κ1) is 17.3. The number of aromatic nitrogens is 1. The van der Waals surface area contributed by atoms with E-state index in [2.05, 4.69) is 5.16 Å². The van der Waals surface area contributed by atoms with Gasteiger partial charge in [0.25, 0.3) is 0 Å². The molecule has 7 nitrogen and oxygen atoms in total. The van der Waals surface area contributed by atoms with Crippen LogP contribution in [0.3, 0.4) is 0 Å². The van der Waals surface area contributed by atoms with E-state index >= 15 is 0 Å². The molecule has 1 aliphatic heterocycles. The monoisotopic (exact) mass is 323 g/mol. The van der Waals surface area contributed by atoms with Crippen LogP contribution in [0.1, 0.15) is 45.1 Å². The van der Waals surface area contributed by atoms with E-state index in [9.17, 15) is 9.59 Å². The van der Waals surface area contributed by atoms with Crippen LogP contribution < -0.4 is 0 Å². The largest absolute Gasteiger partial charge is 0.447 e. The quantitative estimate of drug-likeness (QED) is 0.802. The number of nitrogens with zero attached hydrogens (tertiary/aromatic N) is 3. The number of hydrogen-bond acceptors (Lipinski definition) is 5. The molecular formula is C16H25N3O4. The minimum absolute atomic E-state index is 0.0209. The Morgan fingerprint density at radius 1 is 1.43 bits per heavy atom. The molecule has 2 rings (SSSR count). The minimum atomic E-state index is -0.422. The molecule has 0 bridgehead atoms. The van der Waals surface area contributed by atoms with Gasteiger partial charge in [0.2, 0.25) is 5.91 Å². The fourth-order valence-corrected chi connectivity index (χ4v) is 2.47. The highest BCUT2D eigenvalue weighted by Gasteiger charge is 2.36. The summed E-state index contributed by atoms with van der Waals surface area (Å²) in [5.74, 6) is 1.14. The second-order valence-corrected chi connectivity index (χ2v) is 6.64. The third-order valence-corrected chi connectivity index (χ3v) is 4.06. The van der Waals surface area contributed by atoms with Crippen molar-refractivity contribution in [2.45, 2.75) is 46.2 Å². The van der Waals surface area contributed by atoms with Gasteiger partial charge >= 0.3 is 6.09 Å². The number of likely N-dealkylation sites (N-methyl/N-ethyl adjacent to an activating group) is 1. The molecule has 0 N–H and O–H groups in total. The van der Waals surface area contributed by atoms with Crippen molar-refractivity contribution >= 4 is 12.0 Å². The van der Waals surface area contributed by atoms with Crippen molar-refractivity contribution in [1.82, 2.24) is 15.0 Å². The van der Waals surface area contributed by atoms with Gasteiger partial charge in [0.15, 0.2) is 0 Å². The van der Waals surface area contributed by atoms with E-state index in [1.54, 1.807) is 11.9 Å². The lowest BCUT2D eigenvalue weighted by atomic mass is 10.0.